The maximum Gasteiger partial charge on any atom is 0.209 e. The molecule has 0 saturated heterocycles. The first kappa shape index (κ1) is 16.6. The van der Waals surface area contributed by atoms with Gasteiger partial charge in [-0.15, -0.1) is 16.4 Å². The van der Waals surface area contributed by atoms with Gasteiger partial charge in [0.05, 0.1) is 5.69 Å². The molecule has 0 fully saturated rings. The summed E-state index contributed by atoms with van der Waals surface area (Å²) < 4.78 is 2.92. The van der Waals surface area contributed by atoms with Gasteiger partial charge >= 0.3 is 0 Å². The van der Waals surface area contributed by atoms with Crippen LogP contribution in [-0.2, 0) is 12.3 Å². The van der Waals surface area contributed by atoms with Gasteiger partial charge in [0, 0.05) is 27.7 Å². The number of halogens is 1. The lowest BCUT2D eigenvalue weighted by molar-refractivity contribution is 0.446. The first-order valence-electron chi connectivity index (χ1n) is 7.21. The third-order valence-corrected chi connectivity index (χ3v) is 5.43. The zero-order valence-corrected chi connectivity index (χ0v) is 16.0. The molecule has 0 radical (unpaired) electrons. The maximum absolute atomic E-state index is 4.71. The van der Waals surface area contributed by atoms with Crippen LogP contribution in [0, 0.1) is 5.92 Å². The van der Waals surface area contributed by atoms with Crippen molar-refractivity contribution in [2.24, 2.45) is 5.92 Å². The van der Waals surface area contributed by atoms with Crippen LogP contribution in [0.3, 0.4) is 0 Å². The predicted octanol–water partition coefficient (Wildman–Crippen LogP) is 4.51. The molecule has 0 saturated carbocycles. The van der Waals surface area contributed by atoms with Crippen LogP contribution in [0.1, 0.15) is 19.5 Å². The molecule has 0 aliphatic rings. The van der Waals surface area contributed by atoms with Crippen molar-refractivity contribution in [1.29, 1.82) is 0 Å². The topological polar surface area (TPSA) is 56.5 Å². The molecule has 0 atom stereocenters. The number of thiazole rings is 1. The fourth-order valence-corrected chi connectivity index (χ4v) is 4.13. The van der Waals surface area contributed by atoms with Crippen molar-refractivity contribution >= 4 is 39.0 Å². The van der Waals surface area contributed by atoms with E-state index in [-0.39, 0.29) is 0 Å². The predicted molar refractivity (Wildman–Crippen MR) is 97.5 cm³/mol. The van der Waals surface area contributed by atoms with E-state index in [0.29, 0.717) is 5.92 Å². The molecular weight excluding hydrogens is 394 g/mol. The number of thioether (sulfide) groups is 1. The van der Waals surface area contributed by atoms with Crippen LogP contribution < -0.4 is 0 Å². The molecule has 0 amide bonds. The fourth-order valence-electron chi connectivity index (χ4n) is 2.03. The molecule has 120 valence electrons. The molecule has 1 aromatic carbocycles. The molecule has 3 aromatic rings. The molecular formula is C15H16BrN5S2. The quantitative estimate of drug-likeness (QED) is 0.560. The summed E-state index contributed by atoms with van der Waals surface area (Å²) in [6.07, 6.45) is 0. The van der Waals surface area contributed by atoms with Gasteiger partial charge in [0.15, 0.2) is 0 Å². The van der Waals surface area contributed by atoms with E-state index in [1.165, 1.54) is 0 Å². The molecule has 0 unspecified atom stereocenters. The lowest BCUT2D eigenvalue weighted by Crippen LogP contribution is -2.07. The Morgan fingerprint density at radius 2 is 2.22 bits per heavy atom. The highest BCUT2D eigenvalue weighted by Gasteiger charge is 2.11. The molecule has 0 spiro atoms. The second-order valence-corrected chi connectivity index (χ2v) is 8.20. The Morgan fingerprint density at radius 1 is 1.35 bits per heavy atom. The molecule has 3 rings (SSSR count). The Balaban J connectivity index is 1.67. The van der Waals surface area contributed by atoms with E-state index in [1.807, 2.05) is 16.8 Å². The zero-order valence-electron chi connectivity index (χ0n) is 12.8. The van der Waals surface area contributed by atoms with Crippen LogP contribution in [0.4, 0.5) is 0 Å². The largest absolute Gasteiger partial charge is 0.240 e. The maximum atomic E-state index is 4.71. The monoisotopic (exact) mass is 409 g/mol. The Bertz CT molecular complexity index is 784. The normalized spacial score (nSPS) is 11.3. The summed E-state index contributed by atoms with van der Waals surface area (Å²) in [5, 5.41) is 15.9. The van der Waals surface area contributed by atoms with Crippen LogP contribution in [0.2, 0.25) is 0 Å². The van der Waals surface area contributed by atoms with Gasteiger partial charge in [-0.05, 0) is 28.5 Å². The van der Waals surface area contributed by atoms with Crippen molar-refractivity contribution in [3.8, 4) is 10.6 Å². The number of nitrogens with zero attached hydrogens (tertiary/aromatic N) is 5. The summed E-state index contributed by atoms with van der Waals surface area (Å²) in [6, 6.07) is 8.19. The van der Waals surface area contributed by atoms with Crippen LogP contribution in [0.5, 0.6) is 0 Å². The third kappa shape index (κ3) is 4.39. The second kappa shape index (κ2) is 7.55. The number of hydrogen-bond acceptors (Lipinski definition) is 6. The lowest BCUT2D eigenvalue weighted by Gasteiger charge is -2.05. The van der Waals surface area contributed by atoms with E-state index in [0.717, 1.165) is 38.2 Å². The van der Waals surface area contributed by atoms with Gasteiger partial charge < -0.3 is 0 Å². The summed E-state index contributed by atoms with van der Waals surface area (Å²) in [4.78, 5) is 4.71. The Morgan fingerprint density at radius 3 is 3.00 bits per heavy atom. The average molecular weight is 410 g/mol. The van der Waals surface area contributed by atoms with Crippen LogP contribution in [0.15, 0.2) is 39.3 Å². The van der Waals surface area contributed by atoms with E-state index < -0.39 is 0 Å². The smallest absolute Gasteiger partial charge is 0.209 e. The first-order valence-corrected chi connectivity index (χ1v) is 9.87. The van der Waals surface area contributed by atoms with Gasteiger partial charge in [0.2, 0.25) is 5.16 Å². The molecule has 23 heavy (non-hydrogen) atoms. The van der Waals surface area contributed by atoms with Gasteiger partial charge in [-0.2, -0.15) is 0 Å². The van der Waals surface area contributed by atoms with Crippen LogP contribution in [0.25, 0.3) is 10.6 Å². The molecule has 8 heteroatoms. The molecule has 0 bridgehead atoms. The number of hydrogen-bond donors (Lipinski definition) is 0. The van der Waals surface area contributed by atoms with Crippen LogP contribution in [-0.4, -0.2) is 25.2 Å². The van der Waals surface area contributed by atoms with Crippen molar-refractivity contribution in [3.63, 3.8) is 0 Å². The molecule has 2 aromatic heterocycles. The minimum atomic E-state index is 0.514. The first-order chi connectivity index (χ1) is 11.1. The third-order valence-electron chi connectivity index (χ3n) is 3.01. The minimum Gasteiger partial charge on any atom is -0.240 e. The molecule has 0 aliphatic heterocycles. The molecule has 0 aliphatic carbocycles. The molecule has 0 N–H and O–H groups in total. The molecule has 2 heterocycles. The van der Waals surface area contributed by atoms with E-state index in [9.17, 15) is 0 Å². The Kier molecular flexibility index (Phi) is 5.45. The minimum absolute atomic E-state index is 0.514. The van der Waals surface area contributed by atoms with Gasteiger partial charge in [-0.3, -0.25) is 0 Å². The van der Waals surface area contributed by atoms with Crippen molar-refractivity contribution in [3.05, 3.63) is 39.8 Å². The summed E-state index contributed by atoms with van der Waals surface area (Å²) in [5.41, 5.74) is 2.18. The zero-order chi connectivity index (χ0) is 16.2. The SMILES string of the molecule is CC(C)Cn1nnnc1SCc1csc(-c2cccc(Br)c2)n1. The highest BCUT2D eigenvalue weighted by Crippen LogP contribution is 2.28. The van der Waals surface area contributed by atoms with Crippen LogP contribution >= 0.6 is 39.0 Å². The van der Waals surface area contributed by atoms with Crippen molar-refractivity contribution < 1.29 is 0 Å². The Labute approximate surface area is 151 Å². The lowest BCUT2D eigenvalue weighted by atomic mass is 10.2. The molecule has 5 nitrogen and oxygen atoms in total. The van der Waals surface area contributed by atoms with E-state index in [4.69, 9.17) is 4.98 Å². The highest BCUT2D eigenvalue weighted by atomic mass is 79.9. The summed E-state index contributed by atoms with van der Waals surface area (Å²) >= 11 is 6.78. The summed E-state index contributed by atoms with van der Waals surface area (Å²) in [6.45, 7) is 5.14. The number of aromatic nitrogens is 5. The fraction of sp³-hybridized carbons (Fsp3) is 0.333. The van der Waals surface area contributed by atoms with Gasteiger partial charge in [-0.25, -0.2) is 9.67 Å². The van der Waals surface area contributed by atoms with Crippen molar-refractivity contribution in [1.82, 2.24) is 25.2 Å². The number of benzene rings is 1. The van der Waals surface area contributed by atoms with E-state index in [1.54, 1.807) is 23.1 Å². The highest BCUT2D eigenvalue weighted by molar-refractivity contribution is 9.10. The number of tetrazole rings is 1. The van der Waals surface area contributed by atoms with Gasteiger partial charge in [0.1, 0.15) is 5.01 Å². The number of rotatable bonds is 6. The average Bonchev–Trinajstić information content (AvgIpc) is 3.14. The van der Waals surface area contributed by atoms with Gasteiger partial charge in [-0.1, -0.05) is 53.7 Å². The Hall–Kier alpha value is -1.25. The van der Waals surface area contributed by atoms with E-state index >= 15 is 0 Å². The summed E-state index contributed by atoms with van der Waals surface area (Å²) in [7, 11) is 0. The summed E-state index contributed by atoms with van der Waals surface area (Å²) in [5.74, 6) is 1.28. The van der Waals surface area contributed by atoms with E-state index in [2.05, 4.69) is 62.8 Å². The van der Waals surface area contributed by atoms with Crippen molar-refractivity contribution in [2.75, 3.05) is 0 Å². The van der Waals surface area contributed by atoms with Gasteiger partial charge in [0.25, 0.3) is 0 Å². The second-order valence-electron chi connectivity index (χ2n) is 5.48. The van der Waals surface area contributed by atoms with Crippen molar-refractivity contribution in [2.45, 2.75) is 31.3 Å². The standard InChI is InChI=1S/C15H16BrN5S2/c1-10(2)7-21-15(18-19-20-21)23-9-13-8-22-14(17-13)11-4-3-5-12(16)6-11/h3-6,8,10H,7,9H2,1-2H3.